The molecule has 2 N–H and O–H groups in total. The first-order valence-electron chi connectivity index (χ1n) is 10.4. The monoisotopic (exact) mass is 516 g/mol. The minimum absolute atomic E-state index is 0.102. The molecule has 0 saturated carbocycles. The first kappa shape index (κ1) is 25.9. The van der Waals surface area contributed by atoms with E-state index in [-0.39, 0.29) is 18.7 Å². The number of halogens is 2. The summed E-state index contributed by atoms with van der Waals surface area (Å²) in [5.74, 6) is 0.00507. The van der Waals surface area contributed by atoms with Gasteiger partial charge in [-0.3, -0.25) is 14.4 Å². The van der Waals surface area contributed by atoms with Gasteiger partial charge in [-0.2, -0.15) is 0 Å². The summed E-state index contributed by atoms with van der Waals surface area (Å²) in [5, 5.41) is 6.15. The molecule has 0 aromatic heterocycles. The summed E-state index contributed by atoms with van der Waals surface area (Å²) in [6, 6.07) is 18.3. The normalized spacial score (nSPS) is 10.3. The summed E-state index contributed by atoms with van der Waals surface area (Å²) in [4.78, 5) is 36.0. The molecule has 3 aromatic carbocycles. The van der Waals surface area contributed by atoms with Crippen LogP contribution in [0.2, 0.25) is 10.0 Å². The predicted octanol–water partition coefficient (Wildman–Crippen LogP) is 5.69. The third-order valence-electron chi connectivity index (χ3n) is 4.53. The fourth-order valence-corrected chi connectivity index (χ4v) is 3.29. The minimum atomic E-state index is -0.662. The second kappa shape index (κ2) is 12.6. The van der Waals surface area contributed by atoms with E-state index in [1.807, 2.05) is 0 Å². The van der Waals surface area contributed by atoms with Crippen molar-refractivity contribution in [1.82, 2.24) is 0 Å². The zero-order valence-corrected chi connectivity index (χ0v) is 20.2. The highest BCUT2D eigenvalue weighted by Crippen LogP contribution is 2.32. The maximum Gasteiger partial charge on any atom is 0.306 e. The maximum absolute atomic E-state index is 12.1. The Balaban J connectivity index is 1.38. The van der Waals surface area contributed by atoms with Crippen LogP contribution in [0, 0.1) is 0 Å². The summed E-state index contributed by atoms with van der Waals surface area (Å²) in [6.45, 7) is -0.462. The van der Waals surface area contributed by atoms with Crippen LogP contribution < -0.4 is 20.1 Å². The van der Waals surface area contributed by atoms with E-state index in [9.17, 15) is 14.4 Å². The second-order valence-electron chi connectivity index (χ2n) is 7.19. The maximum atomic E-state index is 12.1. The van der Waals surface area contributed by atoms with Crippen LogP contribution >= 0.6 is 23.2 Å². The number of amides is 2. The van der Waals surface area contributed by atoms with E-state index in [4.69, 9.17) is 37.4 Å². The Morgan fingerprint density at radius 2 is 1.54 bits per heavy atom. The fourth-order valence-electron chi connectivity index (χ4n) is 2.85. The molecule has 35 heavy (non-hydrogen) atoms. The van der Waals surface area contributed by atoms with Crippen LogP contribution in [0.5, 0.6) is 17.2 Å². The third kappa shape index (κ3) is 8.51. The number of methoxy groups -OCH3 is 1. The van der Waals surface area contributed by atoms with Gasteiger partial charge in [0.05, 0.1) is 18.6 Å². The highest BCUT2D eigenvalue weighted by atomic mass is 35.5. The molecule has 10 heteroatoms. The van der Waals surface area contributed by atoms with Gasteiger partial charge in [0, 0.05) is 28.9 Å². The largest absolute Gasteiger partial charge is 0.497 e. The molecule has 182 valence electrons. The molecular weight excluding hydrogens is 495 g/mol. The summed E-state index contributed by atoms with van der Waals surface area (Å²) >= 11 is 12.0. The van der Waals surface area contributed by atoms with Gasteiger partial charge in [0.2, 0.25) is 5.91 Å². The zero-order chi connectivity index (χ0) is 25.2. The molecule has 0 spiro atoms. The number of carbonyl (C=O) groups excluding carboxylic acids is 3. The fraction of sp³-hybridized carbons (Fsp3) is 0.160. The smallest absolute Gasteiger partial charge is 0.306 e. The summed E-state index contributed by atoms with van der Waals surface area (Å²) in [7, 11) is 1.52. The Labute approximate surface area is 212 Å². The number of carbonyl (C=O) groups is 3. The van der Waals surface area contributed by atoms with Gasteiger partial charge in [0.15, 0.2) is 6.61 Å². The number of rotatable bonds is 10. The van der Waals surface area contributed by atoms with Gasteiger partial charge < -0.3 is 24.8 Å². The average Bonchev–Trinajstić information content (AvgIpc) is 2.84. The number of esters is 1. The van der Waals surface area contributed by atoms with E-state index in [1.54, 1.807) is 66.7 Å². The van der Waals surface area contributed by atoms with Crippen molar-refractivity contribution in [2.45, 2.75) is 12.8 Å². The molecule has 0 radical (unpaired) electrons. The van der Waals surface area contributed by atoms with Crippen LogP contribution in [0.1, 0.15) is 12.8 Å². The first-order valence-corrected chi connectivity index (χ1v) is 11.2. The Hall–Kier alpha value is -3.75. The molecule has 3 rings (SSSR count). The van der Waals surface area contributed by atoms with Crippen molar-refractivity contribution in [2.75, 3.05) is 24.4 Å². The van der Waals surface area contributed by atoms with Crippen LogP contribution in [0.3, 0.4) is 0 Å². The van der Waals surface area contributed by atoms with Gasteiger partial charge >= 0.3 is 5.97 Å². The van der Waals surface area contributed by atoms with Crippen molar-refractivity contribution in [3.8, 4) is 17.2 Å². The Kier molecular flexibility index (Phi) is 9.34. The minimum Gasteiger partial charge on any atom is -0.497 e. The standard InChI is InChI=1S/C25H22Cl2N2O6/c1-33-20-4-2-3-18(14-20)29-24(31)15-34-25(32)12-11-23(30)28-17-6-8-19(9-7-17)35-22-10-5-16(26)13-21(22)27/h2-10,13-14H,11-12,15H2,1H3,(H,28,30)(H,29,31). The van der Waals surface area contributed by atoms with Crippen molar-refractivity contribution >= 4 is 52.4 Å². The lowest BCUT2D eigenvalue weighted by Gasteiger charge is -2.10. The van der Waals surface area contributed by atoms with Crippen LogP contribution in [0.15, 0.2) is 66.7 Å². The molecule has 2 amide bonds. The highest BCUT2D eigenvalue weighted by Gasteiger charge is 2.12. The van der Waals surface area contributed by atoms with Gasteiger partial charge in [0.25, 0.3) is 5.91 Å². The zero-order valence-electron chi connectivity index (χ0n) is 18.7. The van der Waals surface area contributed by atoms with E-state index in [0.29, 0.717) is 38.7 Å². The molecule has 0 atom stereocenters. The van der Waals surface area contributed by atoms with Crippen molar-refractivity contribution in [3.05, 3.63) is 76.8 Å². The molecule has 0 aliphatic heterocycles. The van der Waals surface area contributed by atoms with Crippen LogP contribution in [-0.2, 0) is 19.1 Å². The number of nitrogens with one attached hydrogen (secondary N) is 2. The lowest BCUT2D eigenvalue weighted by atomic mass is 10.2. The lowest BCUT2D eigenvalue weighted by molar-refractivity contribution is -0.147. The van der Waals surface area contributed by atoms with Crippen LogP contribution in [0.4, 0.5) is 11.4 Å². The molecule has 0 fully saturated rings. The van der Waals surface area contributed by atoms with E-state index in [1.165, 1.54) is 7.11 Å². The Morgan fingerprint density at radius 1 is 0.800 bits per heavy atom. The number of benzene rings is 3. The average molecular weight is 517 g/mol. The summed E-state index contributed by atoms with van der Waals surface area (Å²) in [6.07, 6.45) is -0.274. The van der Waals surface area contributed by atoms with Gasteiger partial charge in [0.1, 0.15) is 17.2 Å². The van der Waals surface area contributed by atoms with Crippen molar-refractivity contribution < 1.29 is 28.6 Å². The van der Waals surface area contributed by atoms with Crippen LogP contribution in [-0.4, -0.2) is 31.5 Å². The molecule has 0 aliphatic carbocycles. The summed E-state index contributed by atoms with van der Waals surface area (Å²) < 4.78 is 15.7. The molecular formula is C25H22Cl2N2O6. The lowest BCUT2D eigenvalue weighted by Crippen LogP contribution is -2.21. The third-order valence-corrected chi connectivity index (χ3v) is 5.06. The van der Waals surface area contributed by atoms with Crippen LogP contribution in [0.25, 0.3) is 0 Å². The molecule has 8 nitrogen and oxygen atoms in total. The summed E-state index contributed by atoms with van der Waals surface area (Å²) in [5.41, 5.74) is 1.04. The molecule has 0 aliphatic rings. The predicted molar refractivity (Wildman–Crippen MR) is 133 cm³/mol. The van der Waals surface area contributed by atoms with E-state index in [0.717, 1.165) is 0 Å². The van der Waals surface area contributed by atoms with E-state index in [2.05, 4.69) is 10.6 Å². The van der Waals surface area contributed by atoms with Crippen molar-refractivity contribution in [3.63, 3.8) is 0 Å². The van der Waals surface area contributed by atoms with E-state index < -0.39 is 18.5 Å². The van der Waals surface area contributed by atoms with Gasteiger partial charge in [-0.15, -0.1) is 0 Å². The number of hydrogen-bond donors (Lipinski definition) is 2. The molecule has 0 heterocycles. The van der Waals surface area contributed by atoms with Gasteiger partial charge in [-0.1, -0.05) is 29.3 Å². The molecule has 0 bridgehead atoms. The number of ether oxygens (including phenoxy) is 3. The number of hydrogen-bond acceptors (Lipinski definition) is 6. The van der Waals surface area contributed by atoms with E-state index >= 15 is 0 Å². The van der Waals surface area contributed by atoms with Crippen molar-refractivity contribution in [1.29, 1.82) is 0 Å². The molecule has 0 saturated heterocycles. The Bertz CT molecular complexity index is 1200. The topological polar surface area (TPSA) is 103 Å². The number of anilines is 2. The first-order chi connectivity index (χ1) is 16.8. The molecule has 3 aromatic rings. The highest BCUT2D eigenvalue weighted by molar-refractivity contribution is 6.35. The van der Waals surface area contributed by atoms with Gasteiger partial charge in [-0.25, -0.2) is 0 Å². The quantitative estimate of drug-likeness (QED) is 0.335. The Morgan fingerprint density at radius 3 is 2.26 bits per heavy atom. The van der Waals surface area contributed by atoms with Gasteiger partial charge in [-0.05, 0) is 54.6 Å². The molecule has 0 unspecified atom stereocenters. The second-order valence-corrected chi connectivity index (χ2v) is 8.03. The van der Waals surface area contributed by atoms with Crippen molar-refractivity contribution in [2.24, 2.45) is 0 Å². The SMILES string of the molecule is COc1cccc(NC(=O)COC(=O)CCC(=O)Nc2ccc(Oc3ccc(Cl)cc3Cl)cc2)c1.